The molecule has 0 bridgehead atoms. The highest BCUT2D eigenvalue weighted by atomic mass is 16.5. The smallest absolute Gasteiger partial charge is 0.335 e. The summed E-state index contributed by atoms with van der Waals surface area (Å²) in [6.45, 7) is 1.46. The summed E-state index contributed by atoms with van der Waals surface area (Å²) in [6, 6.07) is 5.10. The molecule has 25 heavy (non-hydrogen) atoms. The first-order valence-corrected chi connectivity index (χ1v) is 8.09. The van der Waals surface area contributed by atoms with Crippen molar-refractivity contribution in [3.8, 4) is 11.4 Å². The van der Waals surface area contributed by atoms with Crippen LogP contribution in [0.15, 0.2) is 30.6 Å². The second kappa shape index (κ2) is 6.48. The monoisotopic (exact) mass is 339 g/mol. The predicted molar refractivity (Wildman–Crippen MR) is 91.5 cm³/mol. The molecule has 0 aromatic carbocycles. The van der Waals surface area contributed by atoms with Crippen molar-refractivity contribution >= 4 is 22.7 Å². The number of anilines is 1. The number of H-pyrrole nitrogens is 1. The van der Waals surface area contributed by atoms with Gasteiger partial charge in [-0.1, -0.05) is 0 Å². The fourth-order valence-corrected chi connectivity index (χ4v) is 2.99. The molecule has 3 N–H and O–H groups in total. The highest BCUT2D eigenvalue weighted by Crippen LogP contribution is 2.31. The van der Waals surface area contributed by atoms with E-state index in [9.17, 15) is 9.90 Å². The molecule has 0 spiro atoms. The zero-order chi connectivity index (χ0) is 17.2. The van der Waals surface area contributed by atoms with Gasteiger partial charge in [-0.2, -0.15) is 5.10 Å². The molecule has 8 nitrogen and oxygen atoms in total. The van der Waals surface area contributed by atoms with Gasteiger partial charge in [0.2, 0.25) is 0 Å². The second-order valence-corrected chi connectivity index (χ2v) is 5.92. The molecule has 4 heterocycles. The number of rotatable bonds is 4. The van der Waals surface area contributed by atoms with Gasteiger partial charge in [-0.3, -0.25) is 10.1 Å². The quantitative estimate of drug-likeness (QED) is 0.668. The minimum Gasteiger partial charge on any atom is -0.478 e. The Bertz CT molecular complexity index is 918. The van der Waals surface area contributed by atoms with E-state index in [0.717, 1.165) is 42.8 Å². The Morgan fingerprint density at radius 1 is 1.24 bits per heavy atom. The molecule has 0 saturated carbocycles. The van der Waals surface area contributed by atoms with E-state index in [2.05, 4.69) is 25.5 Å². The molecule has 0 amide bonds. The average Bonchev–Trinajstić information content (AvgIpc) is 3.08. The molecule has 1 aliphatic rings. The molecule has 0 radical (unpaired) electrons. The third-order valence-corrected chi connectivity index (χ3v) is 4.29. The molecule has 8 heteroatoms. The Morgan fingerprint density at radius 2 is 2.04 bits per heavy atom. The van der Waals surface area contributed by atoms with Crippen LogP contribution in [0.4, 0.5) is 5.82 Å². The van der Waals surface area contributed by atoms with Crippen molar-refractivity contribution in [2.24, 2.45) is 0 Å². The van der Waals surface area contributed by atoms with Crippen molar-refractivity contribution in [1.29, 1.82) is 0 Å². The van der Waals surface area contributed by atoms with Crippen LogP contribution in [-0.2, 0) is 4.74 Å². The van der Waals surface area contributed by atoms with E-state index < -0.39 is 5.97 Å². The zero-order valence-corrected chi connectivity index (χ0v) is 13.4. The van der Waals surface area contributed by atoms with Gasteiger partial charge in [-0.05, 0) is 31.0 Å². The standard InChI is InChI=1S/C17H17N5O3/c23-17(24)10-1-5-18-13(9-10)15-14-12(21-22-15)2-6-19-16(14)20-11-3-7-25-8-4-11/h1-2,5-6,9,11H,3-4,7-8H2,(H,19,20)(H,21,22)(H,23,24). The summed E-state index contributed by atoms with van der Waals surface area (Å²) in [5.41, 5.74) is 2.07. The number of aromatic nitrogens is 4. The highest BCUT2D eigenvalue weighted by molar-refractivity contribution is 6.00. The van der Waals surface area contributed by atoms with E-state index in [1.54, 1.807) is 6.20 Å². The summed E-state index contributed by atoms with van der Waals surface area (Å²) in [5.74, 6) is -0.280. The Labute approximate surface area is 143 Å². The minimum atomic E-state index is -0.998. The first kappa shape index (κ1) is 15.5. The third-order valence-electron chi connectivity index (χ3n) is 4.29. The molecular formula is C17H17N5O3. The highest BCUT2D eigenvalue weighted by Gasteiger charge is 2.19. The molecule has 0 atom stereocenters. The maximum Gasteiger partial charge on any atom is 0.335 e. The predicted octanol–water partition coefficient (Wildman–Crippen LogP) is 2.31. The molecule has 1 aliphatic heterocycles. The molecule has 128 valence electrons. The Kier molecular flexibility index (Phi) is 4.02. The van der Waals surface area contributed by atoms with Gasteiger partial charge in [0.1, 0.15) is 11.5 Å². The first-order valence-electron chi connectivity index (χ1n) is 8.09. The number of carboxylic acid groups (broad SMARTS) is 1. The van der Waals surface area contributed by atoms with Gasteiger partial charge in [-0.25, -0.2) is 9.78 Å². The van der Waals surface area contributed by atoms with Crippen molar-refractivity contribution in [3.05, 3.63) is 36.2 Å². The van der Waals surface area contributed by atoms with Crippen LogP contribution in [0, 0.1) is 0 Å². The van der Waals surface area contributed by atoms with Crippen LogP contribution in [0.3, 0.4) is 0 Å². The van der Waals surface area contributed by atoms with Crippen LogP contribution in [0.5, 0.6) is 0 Å². The topological polar surface area (TPSA) is 113 Å². The van der Waals surface area contributed by atoms with E-state index in [4.69, 9.17) is 4.74 Å². The molecular weight excluding hydrogens is 322 g/mol. The minimum absolute atomic E-state index is 0.170. The van der Waals surface area contributed by atoms with Crippen LogP contribution in [0.1, 0.15) is 23.2 Å². The number of carboxylic acids is 1. The Morgan fingerprint density at radius 3 is 2.84 bits per heavy atom. The van der Waals surface area contributed by atoms with Gasteiger partial charge in [0.05, 0.1) is 22.2 Å². The lowest BCUT2D eigenvalue weighted by Gasteiger charge is -2.23. The van der Waals surface area contributed by atoms with Gasteiger partial charge < -0.3 is 15.2 Å². The summed E-state index contributed by atoms with van der Waals surface area (Å²) in [4.78, 5) is 20.0. The molecule has 4 rings (SSSR count). The summed E-state index contributed by atoms with van der Waals surface area (Å²) in [5, 5.41) is 20.8. The molecule has 1 fully saturated rings. The summed E-state index contributed by atoms with van der Waals surface area (Å²) in [7, 11) is 0. The summed E-state index contributed by atoms with van der Waals surface area (Å²) in [6.07, 6.45) is 5.02. The second-order valence-electron chi connectivity index (χ2n) is 5.92. The van der Waals surface area contributed by atoms with E-state index >= 15 is 0 Å². The largest absolute Gasteiger partial charge is 0.478 e. The van der Waals surface area contributed by atoms with Gasteiger partial charge in [-0.15, -0.1) is 0 Å². The van der Waals surface area contributed by atoms with Crippen molar-refractivity contribution in [1.82, 2.24) is 20.2 Å². The van der Waals surface area contributed by atoms with Crippen molar-refractivity contribution < 1.29 is 14.6 Å². The number of ether oxygens (including phenoxy) is 1. The maximum absolute atomic E-state index is 11.2. The van der Waals surface area contributed by atoms with Gasteiger partial charge in [0.15, 0.2) is 0 Å². The van der Waals surface area contributed by atoms with Crippen LogP contribution in [-0.4, -0.2) is 50.5 Å². The van der Waals surface area contributed by atoms with Crippen molar-refractivity contribution in [2.75, 3.05) is 18.5 Å². The molecule has 3 aromatic rings. The number of hydrogen-bond acceptors (Lipinski definition) is 6. The Hall–Kier alpha value is -3.00. The molecule has 0 unspecified atom stereocenters. The zero-order valence-electron chi connectivity index (χ0n) is 13.4. The van der Waals surface area contributed by atoms with Crippen LogP contribution < -0.4 is 5.32 Å². The fourth-order valence-electron chi connectivity index (χ4n) is 2.99. The number of aromatic amines is 1. The number of carbonyl (C=O) groups is 1. The number of nitrogens with zero attached hydrogens (tertiary/aromatic N) is 3. The van der Waals surface area contributed by atoms with E-state index in [0.29, 0.717) is 11.4 Å². The number of pyridine rings is 2. The maximum atomic E-state index is 11.2. The lowest BCUT2D eigenvalue weighted by molar-refractivity contribution is 0.0696. The lowest BCUT2D eigenvalue weighted by atomic mass is 10.1. The van der Waals surface area contributed by atoms with Crippen molar-refractivity contribution in [2.45, 2.75) is 18.9 Å². The summed E-state index contributed by atoms with van der Waals surface area (Å²) < 4.78 is 5.39. The normalized spacial score (nSPS) is 15.4. The lowest BCUT2D eigenvalue weighted by Crippen LogP contribution is -2.28. The first-order chi connectivity index (χ1) is 12.2. The number of aromatic carboxylic acids is 1. The van der Waals surface area contributed by atoms with E-state index in [1.807, 2.05) is 6.07 Å². The number of hydrogen-bond donors (Lipinski definition) is 3. The average molecular weight is 339 g/mol. The molecule has 0 aliphatic carbocycles. The van der Waals surface area contributed by atoms with Gasteiger partial charge >= 0.3 is 5.97 Å². The third kappa shape index (κ3) is 3.03. The van der Waals surface area contributed by atoms with E-state index in [-0.39, 0.29) is 11.6 Å². The molecule has 1 saturated heterocycles. The summed E-state index contributed by atoms with van der Waals surface area (Å²) >= 11 is 0. The van der Waals surface area contributed by atoms with Crippen LogP contribution >= 0.6 is 0 Å². The SMILES string of the molecule is O=C(O)c1ccnc(-c2n[nH]c3ccnc(NC4CCOCC4)c23)c1. The molecule has 3 aromatic heterocycles. The van der Waals surface area contributed by atoms with Gasteiger partial charge in [0.25, 0.3) is 0 Å². The number of nitrogens with one attached hydrogen (secondary N) is 2. The number of fused-ring (bicyclic) bond motifs is 1. The van der Waals surface area contributed by atoms with Crippen molar-refractivity contribution in [3.63, 3.8) is 0 Å². The van der Waals surface area contributed by atoms with E-state index in [1.165, 1.54) is 18.3 Å². The van der Waals surface area contributed by atoms with Crippen LogP contribution in [0.2, 0.25) is 0 Å². The fraction of sp³-hybridized carbons (Fsp3) is 0.294. The van der Waals surface area contributed by atoms with Gasteiger partial charge in [0, 0.05) is 31.6 Å². The Balaban J connectivity index is 1.77. The van der Waals surface area contributed by atoms with Crippen LogP contribution in [0.25, 0.3) is 22.3 Å².